The molecule has 8 heteroatoms. The Kier molecular flexibility index (Phi) is 5.99. The van der Waals surface area contributed by atoms with Gasteiger partial charge in [0.25, 0.3) is 5.91 Å². The molecule has 0 spiro atoms. The summed E-state index contributed by atoms with van der Waals surface area (Å²) in [6.45, 7) is 3.38. The number of rotatable bonds is 4. The predicted octanol–water partition coefficient (Wildman–Crippen LogP) is 3.36. The Hall–Kier alpha value is -3.26. The lowest BCUT2D eigenvalue weighted by atomic mass is 9.92. The zero-order valence-electron chi connectivity index (χ0n) is 17.1. The van der Waals surface area contributed by atoms with E-state index in [-0.39, 0.29) is 23.6 Å². The second-order valence-corrected chi connectivity index (χ2v) is 7.49. The number of nitrogens with one attached hydrogen (secondary N) is 1. The van der Waals surface area contributed by atoms with Crippen molar-refractivity contribution in [3.8, 4) is 0 Å². The van der Waals surface area contributed by atoms with Crippen LogP contribution in [0.5, 0.6) is 0 Å². The van der Waals surface area contributed by atoms with Gasteiger partial charge in [0.05, 0.1) is 36.9 Å². The number of hydrogen-bond donors (Lipinski definition) is 1. The average Bonchev–Trinajstić information content (AvgIpc) is 2.77. The molecule has 0 aliphatic carbocycles. The summed E-state index contributed by atoms with van der Waals surface area (Å²) in [4.78, 5) is 29.4. The number of urea groups is 1. The molecule has 6 nitrogen and oxygen atoms in total. The van der Waals surface area contributed by atoms with Crippen molar-refractivity contribution in [2.24, 2.45) is 0 Å². The molecular weight excluding hydrogens is 404 g/mol. The highest BCUT2D eigenvalue weighted by molar-refractivity contribution is 5.98. The Labute approximate surface area is 179 Å². The zero-order chi connectivity index (χ0) is 22.0. The number of amides is 3. The molecule has 2 aliphatic heterocycles. The second-order valence-electron chi connectivity index (χ2n) is 7.49. The summed E-state index contributed by atoms with van der Waals surface area (Å²) in [6.07, 6.45) is 0. The fraction of sp³-hybridized carbons (Fsp3) is 0.304. The third-order valence-corrected chi connectivity index (χ3v) is 5.60. The van der Waals surface area contributed by atoms with Crippen molar-refractivity contribution >= 4 is 11.9 Å². The minimum atomic E-state index is -1.23. The van der Waals surface area contributed by atoms with Gasteiger partial charge in [-0.15, -0.1) is 0 Å². The summed E-state index contributed by atoms with van der Waals surface area (Å²) in [5, 5.41) is 2.66. The topological polar surface area (TPSA) is 61.9 Å². The summed E-state index contributed by atoms with van der Waals surface area (Å²) in [6, 6.07) is 11.1. The molecule has 4 rings (SSSR count). The van der Waals surface area contributed by atoms with Crippen molar-refractivity contribution in [1.82, 2.24) is 15.1 Å². The normalized spacial score (nSPS) is 19.5. The van der Waals surface area contributed by atoms with E-state index in [0.29, 0.717) is 32.0 Å². The number of hydrogen-bond acceptors (Lipinski definition) is 3. The van der Waals surface area contributed by atoms with Crippen LogP contribution in [-0.2, 0) is 16.1 Å². The molecule has 2 aromatic rings. The van der Waals surface area contributed by atoms with Crippen LogP contribution in [0.4, 0.5) is 13.6 Å². The van der Waals surface area contributed by atoms with Crippen LogP contribution in [0.3, 0.4) is 0 Å². The molecular formula is C23H23F2N3O3. The van der Waals surface area contributed by atoms with Crippen LogP contribution in [-0.4, -0.2) is 48.0 Å². The molecule has 0 saturated carbocycles. The van der Waals surface area contributed by atoms with Gasteiger partial charge < -0.3 is 15.0 Å². The lowest BCUT2D eigenvalue weighted by molar-refractivity contribution is -0.131. The van der Waals surface area contributed by atoms with Crippen LogP contribution >= 0.6 is 0 Å². The molecule has 2 aliphatic rings. The fourth-order valence-electron chi connectivity index (χ4n) is 3.95. The minimum absolute atomic E-state index is 0.154. The first-order chi connectivity index (χ1) is 15.0. The highest BCUT2D eigenvalue weighted by Gasteiger charge is 2.39. The van der Waals surface area contributed by atoms with Crippen LogP contribution in [0.2, 0.25) is 0 Å². The summed E-state index contributed by atoms with van der Waals surface area (Å²) < 4.78 is 34.6. The maximum atomic E-state index is 14.6. The van der Waals surface area contributed by atoms with Gasteiger partial charge in [0.1, 0.15) is 11.6 Å². The van der Waals surface area contributed by atoms with E-state index < -0.39 is 23.7 Å². The van der Waals surface area contributed by atoms with Gasteiger partial charge in [0.2, 0.25) is 0 Å². The number of halogens is 2. The average molecular weight is 427 g/mol. The summed E-state index contributed by atoms with van der Waals surface area (Å²) in [5.41, 5.74) is 1.05. The Balaban J connectivity index is 1.79. The lowest BCUT2D eigenvalue weighted by Gasteiger charge is -2.38. The van der Waals surface area contributed by atoms with Crippen molar-refractivity contribution in [2.45, 2.75) is 19.5 Å². The Bertz CT molecular complexity index is 1000. The second kappa shape index (κ2) is 8.85. The van der Waals surface area contributed by atoms with Gasteiger partial charge in [-0.25, -0.2) is 13.6 Å². The Morgan fingerprint density at radius 2 is 1.71 bits per heavy atom. The molecule has 0 radical (unpaired) electrons. The molecule has 1 saturated heterocycles. The number of nitrogens with zero attached hydrogens (tertiary/aromatic N) is 2. The maximum absolute atomic E-state index is 14.6. The van der Waals surface area contributed by atoms with Gasteiger partial charge in [-0.1, -0.05) is 36.4 Å². The summed E-state index contributed by atoms with van der Waals surface area (Å²) >= 11 is 0. The minimum Gasteiger partial charge on any atom is -0.378 e. The van der Waals surface area contributed by atoms with E-state index in [9.17, 15) is 18.4 Å². The number of carbonyl (C=O) groups is 2. The van der Waals surface area contributed by atoms with Gasteiger partial charge in [-0.3, -0.25) is 9.69 Å². The smallest absolute Gasteiger partial charge is 0.322 e. The van der Waals surface area contributed by atoms with E-state index in [4.69, 9.17) is 4.74 Å². The Morgan fingerprint density at radius 1 is 1.06 bits per heavy atom. The fourth-order valence-corrected chi connectivity index (χ4v) is 3.95. The third kappa shape index (κ3) is 4.16. The van der Waals surface area contributed by atoms with Crippen molar-refractivity contribution in [1.29, 1.82) is 0 Å². The first-order valence-electron chi connectivity index (χ1n) is 10.1. The number of ether oxygens (including phenoxy) is 1. The quantitative estimate of drug-likeness (QED) is 0.814. The number of carbonyl (C=O) groups excluding carboxylic acids is 2. The van der Waals surface area contributed by atoms with Crippen LogP contribution < -0.4 is 5.32 Å². The predicted molar refractivity (Wildman–Crippen MR) is 110 cm³/mol. The van der Waals surface area contributed by atoms with Crippen LogP contribution in [0.1, 0.15) is 24.1 Å². The van der Waals surface area contributed by atoms with Gasteiger partial charge in [-0.05, 0) is 24.6 Å². The van der Waals surface area contributed by atoms with E-state index in [1.807, 2.05) is 30.3 Å². The maximum Gasteiger partial charge on any atom is 0.322 e. The molecule has 0 bridgehead atoms. The summed E-state index contributed by atoms with van der Waals surface area (Å²) in [5.74, 6) is -2.00. The van der Waals surface area contributed by atoms with Gasteiger partial charge in [-0.2, -0.15) is 0 Å². The highest BCUT2D eigenvalue weighted by atomic mass is 19.1. The van der Waals surface area contributed by atoms with Crippen LogP contribution in [0.25, 0.3) is 0 Å². The summed E-state index contributed by atoms with van der Waals surface area (Å²) in [7, 11) is 0. The first-order valence-corrected chi connectivity index (χ1v) is 10.1. The molecule has 3 amide bonds. The van der Waals surface area contributed by atoms with Gasteiger partial charge >= 0.3 is 6.03 Å². The van der Waals surface area contributed by atoms with Crippen molar-refractivity contribution in [2.75, 3.05) is 26.3 Å². The van der Waals surface area contributed by atoms with Crippen LogP contribution in [0.15, 0.2) is 59.8 Å². The first kappa shape index (κ1) is 21.0. The molecule has 1 atom stereocenters. The van der Waals surface area contributed by atoms with E-state index >= 15 is 0 Å². The van der Waals surface area contributed by atoms with Crippen LogP contribution in [0, 0.1) is 11.6 Å². The molecule has 1 N–H and O–H groups in total. The third-order valence-electron chi connectivity index (χ3n) is 5.60. The molecule has 162 valence electrons. The number of morpholine rings is 1. The number of benzene rings is 2. The molecule has 2 heterocycles. The standard InChI is InChI=1S/C23H23F2N3O3/c1-15-19(22(29)27-10-12-31-13-11-27)21(20-17(24)8-5-9-18(20)25)26-23(30)28(15)14-16-6-3-2-4-7-16/h2-9,21H,10-14H2,1H3,(H,26,30). The van der Waals surface area contributed by atoms with E-state index in [2.05, 4.69) is 5.32 Å². The SMILES string of the molecule is CC1=C(C(=O)N2CCOCC2)C(c2c(F)cccc2F)NC(=O)N1Cc1ccccc1. The number of allylic oxidation sites excluding steroid dienone is 1. The van der Waals surface area contributed by atoms with E-state index in [1.54, 1.807) is 11.8 Å². The monoisotopic (exact) mass is 427 g/mol. The largest absolute Gasteiger partial charge is 0.378 e. The van der Waals surface area contributed by atoms with Crippen molar-refractivity contribution in [3.05, 3.63) is 82.6 Å². The van der Waals surface area contributed by atoms with Crippen molar-refractivity contribution in [3.63, 3.8) is 0 Å². The molecule has 1 fully saturated rings. The molecule has 1 unspecified atom stereocenters. The van der Waals surface area contributed by atoms with E-state index in [0.717, 1.165) is 17.7 Å². The van der Waals surface area contributed by atoms with Gasteiger partial charge in [0.15, 0.2) is 0 Å². The molecule has 31 heavy (non-hydrogen) atoms. The van der Waals surface area contributed by atoms with Crippen molar-refractivity contribution < 1.29 is 23.1 Å². The van der Waals surface area contributed by atoms with E-state index in [1.165, 1.54) is 11.0 Å². The lowest BCUT2D eigenvalue weighted by Crippen LogP contribution is -2.51. The zero-order valence-corrected chi connectivity index (χ0v) is 17.1. The van der Waals surface area contributed by atoms with Gasteiger partial charge in [0, 0.05) is 18.8 Å². The molecule has 2 aromatic carbocycles. The Morgan fingerprint density at radius 3 is 2.35 bits per heavy atom. The molecule has 0 aromatic heterocycles. The highest BCUT2D eigenvalue weighted by Crippen LogP contribution is 2.35.